The van der Waals surface area contributed by atoms with Crippen LogP contribution >= 0.6 is 15.9 Å². The van der Waals surface area contributed by atoms with Gasteiger partial charge in [0.1, 0.15) is 6.04 Å². The lowest BCUT2D eigenvalue weighted by Gasteiger charge is -2.07. The van der Waals surface area contributed by atoms with Gasteiger partial charge in [0.25, 0.3) is 0 Å². The predicted molar refractivity (Wildman–Crippen MR) is 50.9 cm³/mol. The number of carbonyl (C=O) groups is 1. The van der Waals surface area contributed by atoms with Gasteiger partial charge in [0.15, 0.2) is 0 Å². The molecule has 0 aliphatic heterocycles. The molecule has 0 fully saturated rings. The number of hydrogen-bond acceptors (Lipinski definition) is 4. The van der Waals surface area contributed by atoms with Crippen LogP contribution in [0.3, 0.4) is 0 Å². The van der Waals surface area contributed by atoms with E-state index in [1.807, 2.05) is 0 Å². The first-order valence-electron chi connectivity index (χ1n) is 3.60. The van der Waals surface area contributed by atoms with Gasteiger partial charge in [-0.25, -0.2) is 4.79 Å². The summed E-state index contributed by atoms with van der Waals surface area (Å²) in [5, 5.41) is 0. The van der Waals surface area contributed by atoms with Crippen LogP contribution in [0.2, 0.25) is 0 Å². The first-order chi connectivity index (χ1) is 6.15. The maximum atomic E-state index is 11.0. The number of carbonyl (C=O) groups excluding carboxylic acids is 1. The summed E-state index contributed by atoms with van der Waals surface area (Å²) < 4.78 is 5.32. The largest absolute Gasteiger partial charge is 0.468 e. The summed E-state index contributed by atoms with van der Waals surface area (Å²) in [5.41, 5.74) is 6.04. The zero-order valence-corrected chi connectivity index (χ0v) is 8.61. The fourth-order valence-corrected chi connectivity index (χ4v) is 1.05. The van der Waals surface area contributed by atoms with Gasteiger partial charge in [-0.05, 0) is 28.1 Å². The Morgan fingerprint density at radius 2 is 2.38 bits per heavy atom. The van der Waals surface area contributed by atoms with E-state index < -0.39 is 12.0 Å². The molecule has 0 aliphatic carbocycles. The van der Waals surface area contributed by atoms with Gasteiger partial charge in [0.05, 0.1) is 12.8 Å². The smallest absolute Gasteiger partial charge is 0.328 e. The molecule has 1 aromatic rings. The SMILES string of the molecule is COC(=O)C(N)c1ccc(Br)cn1. The van der Waals surface area contributed by atoms with Gasteiger partial charge in [-0.15, -0.1) is 0 Å². The Labute approximate surface area is 84.2 Å². The Hall–Kier alpha value is -0.940. The monoisotopic (exact) mass is 244 g/mol. The number of nitrogens with two attached hydrogens (primary N) is 1. The Balaban J connectivity index is 2.83. The second-order valence-electron chi connectivity index (χ2n) is 2.40. The van der Waals surface area contributed by atoms with Gasteiger partial charge in [0, 0.05) is 10.7 Å². The summed E-state index contributed by atoms with van der Waals surface area (Å²) in [7, 11) is 1.29. The lowest BCUT2D eigenvalue weighted by atomic mass is 10.2. The van der Waals surface area contributed by atoms with E-state index in [1.165, 1.54) is 7.11 Å². The molecule has 0 spiro atoms. The van der Waals surface area contributed by atoms with Gasteiger partial charge in [-0.1, -0.05) is 0 Å². The first kappa shape index (κ1) is 10.1. The van der Waals surface area contributed by atoms with E-state index in [2.05, 4.69) is 25.7 Å². The Morgan fingerprint density at radius 3 is 2.85 bits per heavy atom. The minimum absolute atomic E-state index is 0.491. The summed E-state index contributed by atoms with van der Waals surface area (Å²) in [5.74, 6) is -0.491. The summed E-state index contributed by atoms with van der Waals surface area (Å²) in [4.78, 5) is 15.0. The molecule has 70 valence electrons. The number of hydrogen-bond donors (Lipinski definition) is 1. The lowest BCUT2D eigenvalue weighted by molar-refractivity contribution is -0.142. The third-order valence-electron chi connectivity index (χ3n) is 1.52. The lowest BCUT2D eigenvalue weighted by Crippen LogP contribution is -2.23. The Bertz CT molecular complexity index is 300. The summed E-state index contributed by atoms with van der Waals surface area (Å²) in [6, 6.07) is 2.63. The highest BCUT2D eigenvalue weighted by molar-refractivity contribution is 9.10. The molecule has 1 atom stereocenters. The molecule has 0 saturated carbocycles. The molecule has 0 saturated heterocycles. The van der Waals surface area contributed by atoms with Crippen molar-refractivity contribution in [2.24, 2.45) is 5.73 Å². The van der Waals surface area contributed by atoms with Crippen LogP contribution < -0.4 is 5.73 Å². The van der Waals surface area contributed by atoms with Crippen molar-refractivity contribution in [3.63, 3.8) is 0 Å². The van der Waals surface area contributed by atoms with E-state index in [0.29, 0.717) is 5.69 Å². The van der Waals surface area contributed by atoms with Crippen molar-refractivity contribution in [2.45, 2.75) is 6.04 Å². The number of rotatable bonds is 2. The van der Waals surface area contributed by atoms with Gasteiger partial charge < -0.3 is 10.5 Å². The van der Waals surface area contributed by atoms with E-state index in [9.17, 15) is 4.79 Å². The third-order valence-corrected chi connectivity index (χ3v) is 1.99. The minimum atomic E-state index is -0.807. The molecule has 4 nitrogen and oxygen atoms in total. The van der Waals surface area contributed by atoms with Gasteiger partial charge in [-0.2, -0.15) is 0 Å². The fourth-order valence-electron chi connectivity index (χ4n) is 0.819. The Kier molecular flexibility index (Phi) is 3.39. The quantitative estimate of drug-likeness (QED) is 0.790. The molecule has 0 aliphatic rings. The molecule has 1 rings (SSSR count). The highest BCUT2D eigenvalue weighted by atomic mass is 79.9. The minimum Gasteiger partial charge on any atom is -0.468 e. The van der Waals surface area contributed by atoms with Crippen LogP contribution in [0.5, 0.6) is 0 Å². The summed E-state index contributed by atoms with van der Waals surface area (Å²) in [6.45, 7) is 0. The molecule has 0 aromatic carbocycles. The second-order valence-corrected chi connectivity index (χ2v) is 3.32. The predicted octanol–water partition coefficient (Wildman–Crippen LogP) is 1.02. The van der Waals surface area contributed by atoms with Crippen molar-refractivity contribution < 1.29 is 9.53 Å². The van der Waals surface area contributed by atoms with Crippen LogP contribution in [0, 0.1) is 0 Å². The Morgan fingerprint density at radius 1 is 1.69 bits per heavy atom. The van der Waals surface area contributed by atoms with Gasteiger partial charge in [-0.3, -0.25) is 4.98 Å². The fraction of sp³-hybridized carbons (Fsp3) is 0.250. The van der Waals surface area contributed by atoms with Crippen LogP contribution in [-0.4, -0.2) is 18.1 Å². The van der Waals surface area contributed by atoms with E-state index in [-0.39, 0.29) is 0 Å². The number of methoxy groups -OCH3 is 1. The molecule has 5 heteroatoms. The zero-order valence-electron chi connectivity index (χ0n) is 7.03. The van der Waals surface area contributed by atoms with E-state index >= 15 is 0 Å². The number of aromatic nitrogens is 1. The number of esters is 1. The van der Waals surface area contributed by atoms with Gasteiger partial charge in [0.2, 0.25) is 0 Å². The molecule has 1 aromatic heterocycles. The van der Waals surface area contributed by atoms with Crippen molar-refractivity contribution >= 4 is 21.9 Å². The number of nitrogens with zero attached hydrogens (tertiary/aromatic N) is 1. The maximum Gasteiger partial charge on any atom is 0.328 e. The molecule has 13 heavy (non-hydrogen) atoms. The van der Waals surface area contributed by atoms with Crippen LogP contribution in [0.25, 0.3) is 0 Å². The second kappa shape index (κ2) is 4.34. The molecule has 2 N–H and O–H groups in total. The molecule has 1 unspecified atom stereocenters. The molecule has 0 amide bonds. The normalized spacial score (nSPS) is 12.2. The number of ether oxygens (including phenoxy) is 1. The van der Waals surface area contributed by atoms with Crippen molar-refractivity contribution in [3.05, 3.63) is 28.5 Å². The standard InChI is InChI=1S/C8H9BrN2O2/c1-13-8(12)7(10)6-3-2-5(9)4-11-6/h2-4,7H,10H2,1H3. The van der Waals surface area contributed by atoms with Crippen LogP contribution in [0.15, 0.2) is 22.8 Å². The van der Waals surface area contributed by atoms with Crippen LogP contribution in [-0.2, 0) is 9.53 Å². The maximum absolute atomic E-state index is 11.0. The topological polar surface area (TPSA) is 65.2 Å². The van der Waals surface area contributed by atoms with Crippen molar-refractivity contribution in [1.29, 1.82) is 0 Å². The van der Waals surface area contributed by atoms with Gasteiger partial charge >= 0.3 is 5.97 Å². The summed E-state index contributed by atoms with van der Waals surface area (Å²) >= 11 is 3.23. The molecule has 0 bridgehead atoms. The average molecular weight is 245 g/mol. The molecular weight excluding hydrogens is 236 g/mol. The highest BCUT2D eigenvalue weighted by Crippen LogP contribution is 2.12. The zero-order chi connectivity index (χ0) is 9.84. The van der Waals surface area contributed by atoms with E-state index in [4.69, 9.17) is 5.73 Å². The van der Waals surface area contributed by atoms with E-state index in [0.717, 1.165) is 4.47 Å². The molecule has 1 heterocycles. The summed E-state index contributed by atoms with van der Waals surface area (Å²) in [6.07, 6.45) is 1.58. The van der Waals surface area contributed by atoms with Crippen molar-refractivity contribution in [3.8, 4) is 0 Å². The highest BCUT2D eigenvalue weighted by Gasteiger charge is 2.16. The number of pyridine rings is 1. The number of halogens is 1. The van der Waals surface area contributed by atoms with Crippen LogP contribution in [0.4, 0.5) is 0 Å². The molecule has 0 radical (unpaired) electrons. The van der Waals surface area contributed by atoms with E-state index in [1.54, 1.807) is 18.3 Å². The molecular formula is C8H9BrN2O2. The average Bonchev–Trinajstić information content (AvgIpc) is 2.17. The van der Waals surface area contributed by atoms with Crippen LogP contribution in [0.1, 0.15) is 11.7 Å². The van der Waals surface area contributed by atoms with Crippen molar-refractivity contribution in [2.75, 3.05) is 7.11 Å². The van der Waals surface area contributed by atoms with Crippen molar-refractivity contribution in [1.82, 2.24) is 4.98 Å². The first-order valence-corrected chi connectivity index (χ1v) is 4.39. The third kappa shape index (κ3) is 2.50.